The zero-order chi connectivity index (χ0) is 21.4. The second-order valence-corrected chi connectivity index (χ2v) is 10.2. The zero-order valence-electron chi connectivity index (χ0n) is 17.8. The number of amides is 1. The molecule has 4 saturated carbocycles. The molecule has 4 fully saturated rings. The molecule has 1 N–H and O–H groups in total. The van der Waals surface area contributed by atoms with Gasteiger partial charge in [0.05, 0.1) is 24.7 Å². The van der Waals surface area contributed by atoms with Crippen LogP contribution in [0.4, 0.5) is 0 Å². The van der Waals surface area contributed by atoms with Gasteiger partial charge in [-0.15, -0.1) is 0 Å². The number of hydrogen-bond donors (Lipinski definition) is 1. The first-order valence-electron chi connectivity index (χ1n) is 11.5. The van der Waals surface area contributed by atoms with Gasteiger partial charge in [0.1, 0.15) is 6.61 Å². The van der Waals surface area contributed by atoms with Crippen LogP contribution in [0.3, 0.4) is 0 Å². The van der Waals surface area contributed by atoms with Crippen molar-refractivity contribution >= 4 is 23.5 Å². The molecule has 4 bridgehead atoms. The first kappa shape index (κ1) is 20.9. The summed E-state index contributed by atoms with van der Waals surface area (Å²) in [6.07, 6.45) is 7.97. The Labute approximate surface area is 187 Å². The fraction of sp³-hybridized carbons (Fsp3) is 0.667. The third-order valence-electron chi connectivity index (χ3n) is 7.40. The molecule has 1 heterocycles. The summed E-state index contributed by atoms with van der Waals surface area (Å²) in [4.78, 5) is 25.2. The zero-order valence-corrected chi connectivity index (χ0v) is 18.5. The number of fused-ring (bicyclic) bond motifs is 1. The van der Waals surface area contributed by atoms with E-state index in [0.29, 0.717) is 36.3 Å². The average Bonchev–Trinajstić information content (AvgIpc) is 2.97. The minimum atomic E-state index is -0.339. The van der Waals surface area contributed by atoms with Crippen LogP contribution in [-0.2, 0) is 20.9 Å². The van der Waals surface area contributed by atoms with Crippen LogP contribution in [0.5, 0.6) is 11.5 Å². The average molecular weight is 448 g/mol. The molecule has 4 aliphatic carbocycles. The first-order valence-corrected chi connectivity index (χ1v) is 11.9. The minimum Gasteiger partial charge on any atom is -0.489 e. The molecule has 0 radical (unpaired) electrons. The second kappa shape index (κ2) is 8.53. The second-order valence-electron chi connectivity index (χ2n) is 9.82. The van der Waals surface area contributed by atoms with Gasteiger partial charge in [0.15, 0.2) is 11.5 Å². The first-order chi connectivity index (χ1) is 15.0. The summed E-state index contributed by atoms with van der Waals surface area (Å²) in [5.74, 6) is 3.11. The molecular weight excluding hydrogens is 418 g/mol. The summed E-state index contributed by atoms with van der Waals surface area (Å²) < 4.78 is 16.7. The van der Waals surface area contributed by atoms with Crippen LogP contribution in [-0.4, -0.2) is 31.6 Å². The third-order valence-corrected chi connectivity index (χ3v) is 7.68. The minimum absolute atomic E-state index is 0.109. The van der Waals surface area contributed by atoms with Crippen molar-refractivity contribution in [1.29, 1.82) is 0 Å². The van der Waals surface area contributed by atoms with Crippen molar-refractivity contribution in [3.8, 4) is 11.5 Å². The van der Waals surface area contributed by atoms with Crippen molar-refractivity contribution in [3.63, 3.8) is 0 Å². The van der Waals surface area contributed by atoms with E-state index < -0.39 is 0 Å². The summed E-state index contributed by atoms with van der Waals surface area (Å²) >= 11 is 6.29. The Hall–Kier alpha value is -1.95. The lowest BCUT2D eigenvalue weighted by Gasteiger charge is -2.55. The van der Waals surface area contributed by atoms with Gasteiger partial charge in [-0.2, -0.15) is 0 Å². The van der Waals surface area contributed by atoms with Crippen LogP contribution in [0.25, 0.3) is 0 Å². The van der Waals surface area contributed by atoms with Gasteiger partial charge >= 0.3 is 5.97 Å². The SMILES string of the molecule is O=C(CCNC(=O)C12CC3CC(CC(C3)C1)C2)OCc1cc(Cl)c2c(c1)OCCCO2. The molecule has 31 heavy (non-hydrogen) atoms. The van der Waals surface area contributed by atoms with Crippen molar-refractivity contribution < 1.29 is 23.8 Å². The molecule has 5 aliphatic rings. The fourth-order valence-electron chi connectivity index (χ4n) is 6.46. The maximum Gasteiger partial charge on any atom is 0.307 e. The van der Waals surface area contributed by atoms with E-state index in [-0.39, 0.29) is 30.3 Å². The molecule has 1 aromatic carbocycles. The van der Waals surface area contributed by atoms with Crippen molar-refractivity contribution in [3.05, 3.63) is 22.7 Å². The smallest absolute Gasteiger partial charge is 0.307 e. The van der Waals surface area contributed by atoms with Crippen molar-refractivity contribution in [2.75, 3.05) is 19.8 Å². The van der Waals surface area contributed by atoms with E-state index >= 15 is 0 Å². The van der Waals surface area contributed by atoms with E-state index in [1.165, 1.54) is 19.3 Å². The highest BCUT2D eigenvalue weighted by atomic mass is 35.5. The third kappa shape index (κ3) is 4.36. The van der Waals surface area contributed by atoms with Crippen LogP contribution in [0.1, 0.15) is 56.9 Å². The molecule has 0 spiro atoms. The normalized spacial score (nSPS) is 30.5. The summed E-state index contributed by atoms with van der Waals surface area (Å²) in [6.45, 7) is 1.56. The standard InChI is InChI=1S/C24H30ClNO5/c25-19-9-18(10-20-22(19)30-5-1-4-29-20)14-31-21(27)2-3-26-23(28)24-11-15-6-16(12-24)8-17(7-15)13-24/h9-10,15-17H,1-8,11-14H2,(H,26,28). The Morgan fingerprint density at radius 2 is 1.74 bits per heavy atom. The molecular formula is C24H30ClNO5. The Bertz CT molecular complexity index is 834. The van der Waals surface area contributed by atoms with Crippen LogP contribution in [0.2, 0.25) is 5.02 Å². The van der Waals surface area contributed by atoms with E-state index in [2.05, 4.69) is 5.32 Å². The van der Waals surface area contributed by atoms with Gasteiger partial charge in [-0.25, -0.2) is 0 Å². The van der Waals surface area contributed by atoms with Crippen molar-refractivity contribution in [1.82, 2.24) is 5.32 Å². The molecule has 168 valence electrons. The molecule has 6 rings (SSSR count). The van der Waals surface area contributed by atoms with Crippen LogP contribution < -0.4 is 14.8 Å². The van der Waals surface area contributed by atoms with Crippen LogP contribution in [0.15, 0.2) is 12.1 Å². The Balaban J connectivity index is 1.09. The monoisotopic (exact) mass is 447 g/mol. The fourth-order valence-corrected chi connectivity index (χ4v) is 6.75. The topological polar surface area (TPSA) is 73.9 Å². The van der Waals surface area contributed by atoms with Crippen molar-refractivity contribution in [2.45, 2.75) is 58.0 Å². The molecule has 1 aromatic rings. The lowest BCUT2D eigenvalue weighted by molar-refractivity contribution is -0.147. The Morgan fingerprint density at radius 3 is 2.45 bits per heavy atom. The van der Waals surface area contributed by atoms with Gasteiger partial charge in [0, 0.05) is 18.4 Å². The van der Waals surface area contributed by atoms with E-state index in [9.17, 15) is 9.59 Å². The highest BCUT2D eigenvalue weighted by molar-refractivity contribution is 6.32. The highest BCUT2D eigenvalue weighted by Gasteiger charge is 2.54. The summed E-state index contributed by atoms with van der Waals surface area (Å²) in [5.41, 5.74) is 0.569. The number of carbonyl (C=O) groups is 2. The van der Waals surface area contributed by atoms with E-state index in [1.54, 1.807) is 12.1 Å². The van der Waals surface area contributed by atoms with Crippen LogP contribution in [0, 0.1) is 23.2 Å². The lowest BCUT2D eigenvalue weighted by Crippen LogP contribution is -2.53. The van der Waals surface area contributed by atoms with Gasteiger partial charge in [-0.1, -0.05) is 11.6 Å². The van der Waals surface area contributed by atoms with Gasteiger partial charge in [-0.05, 0) is 74.0 Å². The lowest BCUT2D eigenvalue weighted by atomic mass is 9.49. The number of ether oxygens (including phenoxy) is 3. The van der Waals surface area contributed by atoms with Crippen molar-refractivity contribution in [2.24, 2.45) is 23.2 Å². The summed E-state index contributed by atoms with van der Waals surface area (Å²) in [7, 11) is 0. The maximum absolute atomic E-state index is 13.0. The number of rotatable bonds is 6. The van der Waals surface area contributed by atoms with Gasteiger partial charge < -0.3 is 19.5 Å². The predicted octanol–water partition coefficient (Wildman–Crippen LogP) is 4.27. The molecule has 1 amide bonds. The van der Waals surface area contributed by atoms with E-state index in [4.69, 9.17) is 25.8 Å². The molecule has 1 aliphatic heterocycles. The van der Waals surface area contributed by atoms with Gasteiger partial charge in [0.25, 0.3) is 0 Å². The molecule has 7 heteroatoms. The van der Waals surface area contributed by atoms with Gasteiger partial charge in [0.2, 0.25) is 5.91 Å². The number of halogens is 1. The highest BCUT2D eigenvalue weighted by Crippen LogP contribution is 2.60. The Morgan fingerprint density at radius 1 is 1.06 bits per heavy atom. The van der Waals surface area contributed by atoms with E-state index in [0.717, 1.165) is 49.0 Å². The maximum atomic E-state index is 13.0. The molecule has 0 unspecified atom stereocenters. The number of carbonyl (C=O) groups excluding carboxylic acids is 2. The molecule has 0 aromatic heterocycles. The summed E-state index contributed by atoms with van der Waals surface area (Å²) in [5, 5.41) is 3.48. The summed E-state index contributed by atoms with van der Waals surface area (Å²) in [6, 6.07) is 3.53. The number of hydrogen-bond acceptors (Lipinski definition) is 5. The van der Waals surface area contributed by atoms with E-state index in [1.807, 2.05) is 0 Å². The molecule has 0 atom stereocenters. The quantitative estimate of drug-likeness (QED) is 0.659. The molecule has 0 saturated heterocycles. The number of nitrogens with one attached hydrogen (secondary N) is 1. The predicted molar refractivity (Wildman–Crippen MR) is 115 cm³/mol. The van der Waals surface area contributed by atoms with Crippen LogP contribution >= 0.6 is 11.6 Å². The largest absolute Gasteiger partial charge is 0.489 e. The van der Waals surface area contributed by atoms with Gasteiger partial charge in [-0.3, -0.25) is 9.59 Å². The number of esters is 1. The molecule has 6 nitrogen and oxygen atoms in total. The Kier molecular flexibility index (Phi) is 5.76. The number of benzene rings is 1.